The number of hydrogen-bond acceptors (Lipinski definition) is 8. The summed E-state index contributed by atoms with van der Waals surface area (Å²) in [5.41, 5.74) is 1.31. The molecule has 0 aliphatic rings. The van der Waals surface area contributed by atoms with E-state index >= 15 is 0 Å². The SMILES string of the molecule is Clc1cc(Cl)n2nc(-c3ccccc3)nc2n1.O=P(Cl)(Cl)Cl.O=c1cc(O)n2nc(-c3ccccc3)nc2[nH]1. The number of fused-ring (bicyclic) bond motifs is 2. The number of benzene rings is 2. The van der Waals surface area contributed by atoms with E-state index in [9.17, 15) is 14.5 Å². The molecule has 4 aromatic heterocycles. The summed E-state index contributed by atoms with van der Waals surface area (Å²) < 4.78 is 12.1. The molecule has 0 saturated heterocycles. The van der Waals surface area contributed by atoms with Gasteiger partial charge in [-0.3, -0.25) is 14.3 Å². The van der Waals surface area contributed by atoms with Gasteiger partial charge in [0, 0.05) is 17.2 Å². The molecule has 200 valence electrons. The second-order valence-electron chi connectivity index (χ2n) is 7.34. The van der Waals surface area contributed by atoms with E-state index in [0.29, 0.717) is 27.7 Å². The molecule has 0 spiro atoms. The number of aromatic hydroxyl groups is 1. The molecule has 6 aromatic rings. The lowest BCUT2D eigenvalue weighted by Gasteiger charge is -1.94. The first kappa shape index (κ1) is 28.8. The fraction of sp³-hybridized carbons (Fsp3) is 0. The zero-order valence-corrected chi connectivity index (χ0v) is 23.8. The molecular formula is C22H14Cl5N8O3P. The van der Waals surface area contributed by atoms with Gasteiger partial charge in [0.1, 0.15) is 10.3 Å². The van der Waals surface area contributed by atoms with Crippen molar-refractivity contribution in [3.05, 3.63) is 93.5 Å². The van der Waals surface area contributed by atoms with Crippen LogP contribution in [0, 0.1) is 0 Å². The molecule has 4 heterocycles. The lowest BCUT2D eigenvalue weighted by molar-refractivity contribution is 0.434. The summed E-state index contributed by atoms with van der Waals surface area (Å²) in [5.74, 6) is 1.39. The number of H-pyrrole nitrogens is 1. The highest BCUT2D eigenvalue weighted by atomic mass is 36.0. The first-order valence-electron chi connectivity index (χ1n) is 10.6. The quantitative estimate of drug-likeness (QED) is 0.156. The van der Waals surface area contributed by atoms with Crippen molar-refractivity contribution in [3.63, 3.8) is 0 Å². The molecule has 0 aliphatic carbocycles. The third-order valence-electron chi connectivity index (χ3n) is 4.62. The summed E-state index contributed by atoms with van der Waals surface area (Å²) in [5, 5.41) is 15.4. The monoisotopic (exact) mass is 644 g/mol. The fourth-order valence-electron chi connectivity index (χ4n) is 3.10. The van der Waals surface area contributed by atoms with E-state index in [4.69, 9.17) is 23.2 Å². The van der Waals surface area contributed by atoms with Crippen LogP contribution in [0.5, 0.6) is 5.88 Å². The summed E-state index contributed by atoms with van der Waals surface area (Å²) in [6.07, 6.45) is 0. The highest BCUT2D eigenvalue weighted by Crippen LogP contribution is 2.61. The molecule has 2 N–H and O–H groups in total. The molecule has 0 unspecified atom stereocenters. The highest BCUT2D eigenvalue weighted by molar-refractivity contribution is 8.24. The van der Waals surface area contributed by atoms with Crippen LogP contribution in [-0.4, -0.2) is 44.3 Å². The van der Waals surface area contributed by atoms with Crippen LogP contribution in [-0.2, 0) is 4.57 Å². The van der Waals surface area contributed by atoms with Crippen LogP contribution in [0.4, 0.5) is 0 Å². The maximum Gasteiger partial charge on any atom is 0.339 e. The van der Waals surface area contributed by atoms with E-state index in [1.165, 1.54) is 15.1 Å². The third kappa shape index (κ3) is 7.92. The van der Waals surface area contributed by atoms with E-state index in [1.807, 2.05) is 60.7 Å². The van der Waals surface area contributed by atoms with E-state index in [2.05, 4.69) is 63.9 Å². The Hall–Kier alpha value is -3.18. The minimum atomic E-state index is -3.22. The van der Waals surface area contributed by atoms with Crippen molar-refractivity contribution in [3.8, 4) is 28.7 Å². The Morgan fingerprint density at radius 2 is 1.28 bits per heavy atom. The molecule has 6 rings (SSSR count). The first-order valence-corrected chi connectivity index (χ1v) is 15.7. The summed E-state index contributed by atoms with van der Waals surface area (Å²) in [7, 11) is 0. The summed E-state index contributed by atoms with van der Waals surface area (Å²) in [6, 6.07) is 21.5. The number of nitrogens with one attached hydrogen (secondary N) is 1. The van der Waals surface area contributed by atoms with Gasteiger partial charge in [-0.2, -0.15) is 24.0 Å². The third-order valence-corrected chi connectivity index (χ3v) is 5.08. The van der Waals surface area contributed by atoms with E-state index < -0.39 is 10.8 Å². The van der Waals surface area contributed by atoms with Gasteiger partial charge in [0.05, 0.1) is 6.07 Å². The van der Waals surface area contributed by atoms with Gasteiger partial charge in [0.25, 0.3) is 11.3 Å². The standard InChI is InChI=1S/C11H6Cl2N4.C11H8N4O2.Cl3OP/c12-8-6-9(13)17-11(14-8)15-10(16-17)7-4-2-1-3-5-7;16-8-6-9(17)15-11(12-8)13-10(14-15)7-4-2-1-3-5-7;1-5(2,3)4/h1-6H;1-6,17H,(H,12,13,14,16);. The Balaban J connectivity index is 0.000000155. The molecule has 39 heavy (non-hydrogen) atoms. The van der Waals surface area contributed by atoms with Crippen molar-refractivity contribution in [1.29, 1.82) is 0 Å². The van der Waals surface area contributed by atoms with Crippen molar-refractivity contribution in [2.75, 3.05) is 0 Å². The van der Waals surface area contributed by atoms with Gasteiger partial charge < -0.3 is 5.11 Å². The van der Waals surface area contributed by atoms with Gasteiger partial charge in [-0.15, -0.1) is 10.2 Å². The molecule has 0 saturated carbocycles. The number of hydrogen-bond donors (Lipinski definition) is 2. The largest absolute Gasteiger partial charge is 0.493 e. The van der Waals surface area contributed by atoms with Crippen LogP contribution in [0.25, 0.3) is 34.3 Å². The second-order valence-corrected chi connectivity index (χ2v) is 14.8. The Kier molecular flexibility index (Phi) is 9.12. The fourth-order valence-corrected chi connectivity index (χ4v) is 3.55. The Labute approximate surface area is 243 Å². The molecule has 0 amide bonds. The molecule has 0 radical (unpaired) electrons. The van der Waals surface area contributed by atoms with Crippen LogP contribution < -0.4 is 5.56 Å². The predicted molar refractivity (Wildman–Crippen MR) is 152 cm³/mol. The van der Waals surface area contributed by atoms with Crippen molar-refractivity contribution in [2.24, 2.45) is 0 Å². The second kappa shape index (κ2) is 12.3. The molecule has 0 bridgehead atoms. The van der Waals surface area contributed by atoms with Crippen LogP contribution in [0.3, 0.4) is 0 Å². The van der Waals surface area contributed by atoms with Gasteiger partial charge in [0.15, 0.2) is 11.6 Å². The van der Waals surface area contributed by atoms with Gasteiger partial charge in [-0.1, -0.05) is 83.9 Å². The topological polar surface area (TPSA) is 143 Å². The highest BCUT2D eigenvalue weighted by Gasteiger charge is 2.11. The maximum atomic E-state index is 11.2. The average molecular weight is 647 g/mol. The zero-order chi connectivity index (χ0) is 28.2. The molecule has 11 nitrogen and oxygen atoms in total. The van der Waals surface area contributed by atoms with E-state index in [1.54, 1.807) is 0 Å². The minimum absolute atomic E-state index is 0.217. The molecule has 0 atom stereocenters. The van der Waals surface area contributed by atoms with E-state index in [0.717, 1.165) is 17.2 Å². The van der Waals surface area contributed by atoms with Gasteiger partial charge in [-0.05, 0) is 33.7 Å². The van der Waals surface area contributed by atoms with Crippen LogP contribution in [0.1, 0.15) is 0 Å². The zero-order valence-electron chi connectivity index (χ0n) is 19.2. The normalized spacial score (nSPS) is 11.0. The molecule has 0 aliphatic heterocycles. The average Bonchev–Trinajstić information content (AvgIpc) is 3.50. The number of aromatic nitrogens is 8. The molecular weight excluding hydrogens is 633 g/mol. The Morgan fingerprint density at radius 1 is 0.769 bits per heavy atom. The summed E-state index contributed by atoms with van der Waals surface area (Å²) in [4.78, 5) is 26.1. The summed E-state index contributed by atoms with van der Waals surface area (Å²) >= 11 is 25.7. The molecule has 2 aromatic carbocycles. The number of halogens is 5. The van der Waals surface area contributed by atoms with Gasteiger partial charge in [0.2, 0.25) is 11.7 Å². The first-order chi connectivity index (χ1) is 18.5. The Bertz CT molecular complexity index is 1830. The summed E-state index contributed by atoms with van der Waals surface area (Å²) in [6.45, 7) is 0. The van der Waals surface area contributed by atoms with Crippen molar-refractivity contribution in [1.82, 2.24) is 39.2 Å². The minimum Gasteiger partial charge on any atom is -0.493 e. The maximum absolute atomic E-state index is 11.2. The van der Waals surface area contributed by atoms with Gasteiger partial charge in [-0.25, -0.2) is 0 Å². The predicted octanol–water partition coefficient (Wildman–Crippen LogP) is 6.70. The van der Waals surface area contributed by atoms with Crippen molar-refractivity contribution < 1.29 is 9.67 Å². The number of aromatic amines is 1. The van der Waals surface area contributed by atoms with Gasteiger partial charge >= 0.3 is 5.20 Å². The Morgan fingerprint density at radius 3 is 1.85 bits per heavy atom. The van der Waals surface area contributed by atoms with Crippen LogP contribution in [0.2, 0.25) is 10.3 Å². The van der Waals surface area contributed by atoms with Crippen molar-refractivity contribution >= 4 is 73.7 Å². The van der Waals surface area contributed by atoms with Crippen LogP contribution in [0.15, 0.2) is 77.6 Å². The number of nitrogens with zero attached hydrogens (tertiary/aromatic N) is 7. The lowest BCUT2D eigenvalue weighted by atomic mass is 10.2. The van der Waals surface area contributed by atoms with E-state index in [-0.39, 0.29) is 11.7 Å². The van der Waals surface area contributed by atoms with Crippen LogP contribution >= 0.6 is 62.1 Å². The lowest BCUT2D eigenvalue weighted by Crippen LogP contribution is -2.07. The number of rotatable bonds is 2. The molecule has 17 heteroatoms. The smallest absolute Gasteiger partial charge is 0.339 e. The molecule has 0 fully saturated rings. The van der Waals surface area contributed by atoms with Crippen molar-refractivity contribution in [2.45, 2.75) is 0 Å².